The maximum atomic E-state index is 12.9. The van der Waals surface area contributed by atoms with Gasteiger partial charge in [-0.05, 0) is 31.2 Å². The van der Waals surface area contributed by atoms with Crippen LogP contribution in [0.5, 0.6) is 11.5 Å². The molecule has 7 nitrogen and oxygen atoms in total. The Kier molecular flexibility index (Phi) is 8.52. The minimum Gasteiger partial charge on any atom is -0.496 e. The molecule has 1 amide bonds. The number of para-hydroxylation sites is 1. The largest absolute Gasteiger partial charge is 0.496 e. The van der Waals surface area contributed by atoms with Crippen molar-refractivity contribution in [2.45, 2.75) is 31.7 Å². The molecule has 0 aliphatic rings. The van der Waals surface area contributed by atoms with Crippen molar-refractivity contribution in [2.24, 2.45) is 0 Å². The van der Waals surface area contributed by atoms with Gasteiger partial charge < -0.3 is 14.8 Å². The van der Waals surface area contributed by atoms with Crippen LogP contribution in [-0.2, 0) is 14.8 Å². The molecule has 0 aromatic heterocycles. The van der Waals surface area contributed by atoms with Crippen LogP contribution in [0.15, 0.2) is 47.4 Å². The van der Waals surface area contributed by atoms with E-state index in [4.69, 9.17) is 21.1 Å². The van der Waals surface area contributed by atoms with E-state index in [0.29, 0.717) is 18.8 Å². The first kappa shape index (κ1) is 24.0. The minimum atomic E-state index is -3.80. The molecule has 2 aromatic carbocycles. The lowest BCUT2D eigenvalue weighted by Gasteiger charge is -2.21. The highest BCUT2D eigenvalue weighted by Gasteiger charge is 2.26. The van der Waals surface area contributed by atoms with Crippen molar-refractivity contribution in [2.75, 3.05) is 26.8 Å². The first-order valence-electron chi connectivity index (χ1n) is 9.59. The van der Waals surface area contributed by atoms with Crippen LogP contribution >= 0.6 is 11.6 Å². The normalized spacial score (nSPS) is 12.5. The molecule has 1 atom stereocenters. The molecular formula is C21H27ClN2O5S. The van der Waals surface area contributed by atoms with Crippen molar-refractivity contribution < 1.29 is 22.7 Å². The number of amides is 1. The van der Waals surface area contributed by atoms with E-state index in [-0.39, 0.29) is 28.3 Å². The zero-order valence-electron chi connectivity index (χ0n) is 17.5. The summed E-state index contributed by atoms with van der Waals surface area (Å²) in [5, 5.41) is 3.09. The number of nitrogens with one attached hydrogen (secondary N) is 1. The number of sulfonamides is 1. The van der Waals surface area contributed by atoms with Crippen molar-refractivity contribution in [1.82, 2.24) is 9.62 Å². The van der Waals surface area contributed by atoms with E-state index in [1.54, 1.807) is 21.0 Å². The number of hydrogen-bond acceptors (Lipinski definition) is 5. The highest BCUT2D eigenvalue weighted by molar-refractivity contribution is 7.89. The highest BCUT2D eigenvalue weighted by atomic mass is 35.5. The molecule has 0 spiro atoms. The fraction of sp³-hybridized carbons (Fsp3) is 0.381. The van der Waals surface area contributed by atoms with Gasteiger partial charge in [0, 0.05) is 23.7 Å². The molecule has 0 radical (unpaired) electrons. The molecular weight excluding hydrogens is 428 g/mol. The molecule has 1 unspecified atom stereocenters. The van der Waals surface area contributed by atoms with Crippen LogP contribution in [0, 0.1) is 0 Å². The van der Waals surface area contributed by atoms with Gasteiger partial charge in [-0.15, -0.1) is 0 Å². The summed E-state index contributed by atoms with van der Waals surface area (Å²) in [6.07, 6.45) is 0. The standard InChI is InChI=1S/C21H27ClN2O5S/c1-5-24(6-2)30(26,27)20-13-16(22)11-12-19(20)29-14-21(25)23-15(3)17-9-7-8-10-18(17)28-4/h7-13,15H,5-6,14H2,1-4H3,(H,23,25). The summed E-state index contributed by atoms with van der Waals surface area (Å²) in [6.45, 7) is 5.59. The van der Waals surface area contributed by atoms with E-state index in [1.165, 1.54) is 22.5 Å². The van der Waals surface area contributed by atoms with Crippen LogP contribution < -0.4 is 14.8 Å². The monoisotopic (exact) mass is 454 g/mol. The smallest absolute Gasteiger partial charge is 0.258 e. The van der Waals surface area contributed by atoms with Gasteiger partial charge in [-0.25, -0.2) is 8.42 Å². The fourth-order valence-corrected chi connectivity index (χ4v) is 4.89. The van der Waals surface area contributed by atoms with Gasteiger partial charge in [0.2, 0.25) is 10.0 Å². The third-order valence-corrected chi connectivity index (χ3v) is 6.88. The van der Waals surface area contributed by atoms with E-state index < -0.39 is 15.9 Å². The van der Waals surface area contributed by atoms with E-state index >= 15 is 0 Å². The van der Waals surface area contributed by atoms with Gasteiger partial charge in [0.05, 0.1) is 13.2 Å². The summed E-state index contributed by atoms with van der Waals surface area (Å²) in [5.74, 6) is 0.345. The van der Waals surface area contributed by atoms with Gasteiger partial charge in [0.25, 0.3) is 5.91 Å². The van der Waals surface area contributed by atoms with Crippen LogP contribution in [0.3, 0.4) is 0 Å². The average molecular weight is 455 g/mol. The van der Waals surface area contributed by atoms with Gasteiger partial charge in [0.1, 0.15) is 16.4 Å². The molecule has 1 N–H and O–H groups in total. The Labute approximate surface area is 183 Å². The molecule has 0 saturated carbocycles. The van der Waals surface area contributed by atoms with Crippen LogP contribution in [0.1, 0.15) is 32.4 Å². The summed E-state index contributed by atoms with van der Waals surface area (Å²) in [7, 11) is -2.24. The van der Waals surface area contributed by atoms with E-state index in [9.17, 15) is 13.2 Å². The zero-order valence-corrected chi connectivity index (χ0v) is 19.1. The second kappa shape index (κ2) is 10.7. The summed E-state index contributed by atoms with van der Waals surface area (Å²) in [5.41, 5.74) is 0.824. The Morgan fingerprint density at radius 3 is 2.43 bits per heavy atom. The first-order chi connectivity index (χ1) is 14.2. The number of rotatable bonds is 10. The summed E-state index contributed by atoms with van der Waals surface area (Å²) in [6, 6.07) is 11.4. The van der Waals surface area contributed by atoms with E-state index in [2.05, 4.69) is 5.32 Å². The topological polar surface area (TPSA) is 84.9 Å². The molecule has 0 fully saturated rings. The molecule has 30 heavy (non-hydrogen) atoms. The molecule has 0 heterocycles. The van der Waals surface area contributed by atoms with Gasteiger partial charge in [-0.3, -0.25) is 4.79 Å². The SMILES string of the molecule is CCN(CC)S(=O)(=O)c1cc(Cl)ccc1OCC(=O)NC(C)c1ccccc1OC. The predicted molar refractivity (Wildman–Crippen MR) is 117 cm³/mol. The van der Waals surface area contributed by atoms with Crippen LogP contribution in [0.25, 0.3) is 0 Å². The van der Waals surface area contributed by atoms with Crippen LogP contribution in [0.4, 0.5) is 0 Å². The third kappa shape index (κ3) is 5.65. The molecule has 0 aliphatic heterocycles. The Hall–Kier alpha value is -2.29. The van der Waals surface area contributed by atoms with Gasteiger partial charge >= 0.3 is 0 Å². The number of carbonyl (C=O) groups excluding carboxylic acids is 1. The predicted octanol–water partition coefficient (Wildman–Crippen LogP) is 3.64. The second-order valence-corrected chi connectivity index (χ2v) is 8.84. The minimum absolute atomic E-state index is 0.0655. The lowest BCUT2D eigenvalue weighted by Crippen LogP contribution is -2.33. The maximum Gasteiger partial charge on any atom is 0.258 e. The van der Waals surface area contributed by atoms with Crippen molar-refractivity contribution in [1.29, 1.82) is 0 Å². The number of benzene rings is 2. The Bertz CT molecular complexity index is 977. The van der Waals surface area contributed by atoms with Gasteiger partial charge in [-0.2, -0.15) is 4.31 Å². The lowest BCUT2D eigenvalue weighted by atomic mass is 10.1. The lowest BCUT2D eigenvalue weighted by molar-refractivity contribution is -0.123. The van der Waals surface area contributed by atoms with Crippen molar-refractivity contribution in [3.05, 3.63) is 53.1 Å². The molecule has 0 saturated heterocycles. The zero-order chi connectivity index (χ0) is 22.3. The van der Waals surface area contributed by atoms with Gasteiger partial charge in [-0.1, -0.05) is 43.6 Å². The summed E-state index contributed by atoms with van der Waals surface area (Å²) < 4.78 is 38.0. The molecule has 0 bridgehead atoms. The molecule has 2 aromatic rings. The number of halogens is 1. The average Bonchev–Trinajstić information content (AvgIpc) is 2.73. The van der Waals surface area contributed by atoms with Crippen molar-refractivity contribution in [3.8, 4) is 11.5 Å². The maximum absolute atomic E-state index is 12.9. The summed E-state index contributed by atoms with van der Waals surface area (Å²) >= 11 is 6.01. The quantitative estimate of drug-likeness (QED) is 0.592. The highest BCUT2D eigenvalue weighted by Crippen LogP contribution is 2.30. The van der Waals surface area contributed by atoms with E-state index in [0.717, 1.165) is 5.56 Å². The first-order valence-corrected chi connectivity index (χ1v) is 11.4. The number of ether oxygens (including phenoxy) is 2. The number of nitrogens with zero attached hydrogens (tertiary/aromatic N) is 1. The van der Waals surface area contributed by atoms with Crippen molar-refractivity contribution in [3.63, 3.8) is 0 Å². The van der Waals surface area contributed by atoms with Crippen molar-refractivity contribution >= 4 is 27.5 Å². The third-order valence-electron chi connectivity index (χ3n) is 4.57. The molecule has 0 aliphatic carbocycles. The molecule has 2 rings (SSSR count). The Morgan fingerprint density at radius 1 is 1.13 bits per heavy atom. The Balaban J connectivity index is 2.15. The summed E-state index contributed by atoms with van der Waals surface area (Å²) in [4.78, 5) is 12.3. The second-order valence-electron chi connectivity index (χ2n) is 6.50. The van der Waals surface area contributed by atoms with Crippen LogP contribution in [0.2, 0.25) is 5.02 Å². The number of carbonyl (C=O) groups is 1. The number of methoxy groups -OCH3 is 1. The molecule has 164 valence electrons. The van der Waals surface area contributed by atoms with E-state index in [1.807, 2.05) is 31.2 Å². The fourth-order valence-electron chi connectivity index (χ4n) is 3.03. The number of hydrogen-bond donors (Lipinski definition) is 1. The molecule has 9 heteroatoms. The Morgan fingerprint density at radius 2 is 1.80 bits per heavy atom. The van der Waals surface area contributed by atoms with Crippen LogP contribution in [-0.4, -0.2) is 45.4 Å². The van der Waals surface area contributed by atoms with Gasteiger partial charge in [0.15, 0.2) is 6.61 Å².